The Morgan fingerprint density at radius 2 is 2.22 bits per heavy atom. The minimum Gasteiger partial charge on any atom is -0.480 e. The fourth-order valence-electron chi connectivity index (χ4n) is 0.344. The van der Waals surface area contributed by atoms with Gasteiger partial charge in [-0.25, -0.2) is 4.84 Å². The molecule has 0 saturated carbocycles. The average Bonchev–Trinajstić information content (AvgIpc) is 1.64. The lowest BCUT2D eigenvalue weighted by Gasteiger charge is -2.10. The zero-order valence-corrected chi connectivity index (χ0v) is 5.59. The number of carboxylic acids is 1. The van der Waals surface area contributed by atoms with Gasteiger partial charge >= 0.3 is 5.97 Å². The third-order valence-corrected chi connectivity index (χ3v) is 1.10. The number of carboxylic acid groups (broad SMARTS) is 1. The van der Waals surface area contributed by atoms with E-state index in [9.17, 15) is 4.79 Å². The third kappa shape index (κ3) is 2.64. The molecule has 0 saturated heterocycles. The normalized spacial score (nSPS) is 16.8. The van der Waals surface area contributed by atoms with Gasteiger partial charge in [0.1, 0.15) is 6.04 Å². The first-order chi connectivity index (χ1) is 4.09. The van der Waals surface area contributed by atoms with Crippen LogP contribution in [0.2, 0.25) is 0 Å². The number of hydrogen-bond acceptors (Lipinski definition) is 3. The van der Waals surface area contributed by atoms with E-state index >= 15 is 0 Å². The highest BCUT2D eigenvalue weighted by molar-refractivity contribution is 6.14. The summed E-state index contributed by atoms with van der Waals surface area (Å²) in [6.07, 6.45) is -0.986. The first-order valence-electron chi connectivity index (χ1n) is 2.36. The van der Waals surface area contributed by atoms with Gasteiger partial charge in [-0.15, -0.1) is 0 Å². The van der Waals surface area contributed by atoms with Gasteiger partial charge in [0.15, 0.2) is 0 Å². The molecule has 0 fully saturated rings. The van der Waals surface area contributed by atoms with Crippen molar-refractivity contribution in [1.29, 1.82) is 0 Å². The zero-order valence-electron chi connectivity index (χ0n) is 4.84. The number of aliphatic hydroxyl groups is 1. The quantitative estimate of drug-likeness (QED) is 0.481. The Balaban J connectivity index is 3.83. The molecule has 5 heteroatoms. The van der Waals surface area contributed by atoms with Crippen LogP contribution in [0.4, 0.5) is 0 Å². The highest BCUT2D eigenvalue weighted by atomic mass is 35.5. The van der Waals surface area contributed by atoms with Crippen molar-refractivity contribution >= 4 is 17.7 Å². The van der Waals surface area contributed by atoms with Crippen molar-refractivity contribution in [3.05, 3.63) is 0 Å². The summed E-state index contributed by atoms with van der Waals surface area (Å²) in [6, 6.07) is -1.09. The molecule has 0 heterocycles. The van der Waals surface area contributed by atoms with Gasteiger partial charge in [-0.1, -0.05) is 0 Å². The second-order valence-corrected chi connectivity index (χ2v) is 1.88. The van der Waals surface area contributed by atoms with Crippen molar-refractivity contribution < 1.29 is 15.0 Å². The van der Waals surface area contributed by atoms with Crippen LogP contribution in [0.3, 0.4) is 0 Å². The molecule has 0 aromatic rings. The van der Waals surface area contributed by atoms with Crippen molar-refractivity contribution in [2.24, 2.45) is 0 Å². The van der Waals surface area contributed by atoms with Crippen LogP contribution in [0.5, 0.6) is 0 Å². The van der Waals surface area contributed by atoms with E-state index in [-0.39, 0.29) is 0 Å². The van der Waals surface area contributed by atoms with Gasteiger partial charge in [-0.3, -0.25) is 4.79 Å². The molecule has 0 spiro atoms. The Morgan fingerprint density at radius 1 is 1.78 bits per heavy atom. The summed E-state index contributed by atoms with van der Waals surface area (Å²) in [5, 5.41) is 16.9. The summed E-state index contributed by atoms with van der Waals surface area (Å²) in [6.45, 7) is 1.34. The predicted molar refractivity (Wildman–Crippen MR) is 32.1 cm³/mol. The first-order valence-corrected chi connectivity index (χ1v) is 2.74. The SMILES string of the molecule is CC(O)C(NCl)C(=O)O. The van der Waals surface area contributed by atoms with Crippen molar-refractivity contribution in [2.75, 3.05) is 0 Å². The van der Waals surface area contributed by atoms with Crippen LogP contribution in [0.15, 0.2) is 0 Å². The van der Waals surface area contributed by atoms with Crippen LogP contribution in [0, 0.1) is 0 Å². The topological polar surface area (TPSA) is 69.6 Å². The van der Waals surface area contributed by atoms with Gasteiger partial charge < -0.3 is 10.2 Å². The lowest BCUT2D eigenvalue weighted by atomic mass is 10.2. The summed E-state index contributed by atoms with van der Waals surface area (Å²) in [7, 11) is 0. The maximum absolute atomic E-state index is 10.1. The summed E-state index contributed by atoms with van der Waals surface area (Å²) in [5.41, 5.74) is 0. The van der Waals surface area contributed by atoms with E-state index < -0.39 is 18.1 Å². The predicted octanol–water partition coefficient (Wildman–Crippen LogP) is -0.436. The maximum atomic E-state index is 10.1. The highest BCUT2D eigenvalue weighted by Crippen LogP contribution is 1.92. The molecule has 0 radical (unpaired) electrons. The number of nitrogens with one attached hydrogen (secondary N) is 1. The third-order valence-electron chi connectivity index (χ3n) is 0.866. The molecule has 4 nitrogen and oxygen atoms in total. The van der Waals surface area contributed by atoms with E-state index in [1.807, 2.05) is 4.84 Å². The molecule has 0 aliphatic heterocycles. The minimum absolute atomic E-state index is 0.986. The van der Waals surface area contributed by atoms with Crippen LogP contribution in [-0.2, 0) is 4.79 Å². The Bertz CT molecular complexity index is 106. The van der Waals surface area contributed by atoms with E-state index in [0.717, 1.165) is 0 Å². The van der Waals surface area contributed by atoms with Gasteiger partial charge in [-0.05, 0) is 18.7 Å². The van der Waals surface area contributed by atoms with E-state index in [1.54, 1.807) is 0 Å². The van der Waals surface area contributed by atoms with Crippen molar-refractivity contribution in [3.63, 3.8) is 0 Å². The standard InChI is InChI=1S/C4H8ClNO3/c1-2(7)3(6-5)4(8)9/h2-3,6-7H,1H3,(H,8,9). The molecular formula is C4H8ClNO3. The van der Waals surface area contributed by atoms with Crippen LogP contribution in [0.25, 0.3) is 0 Å². The van der Waals surface area contributed by atoms with Gasteiger partial charge in [-0.2, -0.15) is 0 Å². The van der Waals surface area contributed by atoms with Crippen LogP contribution in [0.1, 0.15) is 6.92 Å². The number of carbonyl (C=O) groups is 1. The summed E-state index contributed by atoms with van der Waals surface area (Å²) in [5.74, 6) is -1.17. The fraction of sp³-hybridized carbons (Fsp3) is 0.750. The summed E-state index contributed by atoms with van der Waals surface area (Å²) >= 11 is 4.97. The van der Waals surface area contributed by atoms with Crippen molar-refractivity contribution in [3.8, 4) is 0 Å². The van der Waals surface area contributed by atoms with E-state index in [1.165, 1.54) is 6.92 Å². The Labute approximate surface area is 57.5 Å². The molecule has 0 aliphatic rings. The Hall–Kier alpha value is -0.320. The van der Waals surface area contributed by atoms with Crippen LogP contribution in [-0.4, -0.2) is 28.3 Å². The molecular weight excluding hydrogens is 146 g/mol. The fourth-order valence-corrected chi connectivity index (χ4v) is 0.620. The lowest BCUT2D eigenvalue weighted by molar-refractivity contribution is -0.141. The minimum atomic E-state index is -1.17. The molecule has 0 bridgehead atoms. The molecule has 0 aromatic carbocycles. The van der Waals surface area contributed by atoms with Gasteiger partial charge in [0.2, 0.25) is 0 Å². The summed E-state index contributed by atoms with van der Waals surface area (Å²) in [4.78, 5) is 12.0. The zero-order chi connectivity index (χ0) is 7.44. The monoisotopic (exact) mass is 153 g/mol. The van der Waals surface area contributed by atoms with E-state index in [0.29, 0.717) is 0 Å². The summed E-state index contributed by atoms with van der Waals surface area (Å²) < 4.78 is 0. The second kappa shape index (κ2) is 3.66. The molecule has 54 valence electrons. The molecule has 2 atom stereocenters. The molecule has 9 heavy (non-hydrogen) atoms. The van der Waals surface area contributed by atoms with E-state index in [2.05, 4.69) is 0 Å². The first kappa shape index (κ1) is 8.68. The molecule has 0 amide bonds. The molecule has 0 rings (SSSR count). The van der Waals surface area contributed by atoms with Crippen LogP contribution >= 0.6 is 11.8 Å². The number of rotatable bonds is 3. The average molecular weight is 154 g/mol. The highest BCUT2D eigenvalue weighted by Gasteiger charge is 2.20. The van der Waals surface area contributed by atoms with Gasteiger partial charge in [0, 0.05) is 0 Å². The smallest absolute Gasteiger partial charge is 0.324 e. The molecule has 2 unspecified atom stereocenters. The number of aliphatic carboxylic acids is 1. The number of aliphatic hydroxyl groups excluding tert-OH is 1. The Morgan fingerprint density at radius 3 is 2.22 bits per heavy atom. The van der Waals surface area contributed by atoms with Crippen molar-refractivity contribution in [2.45, 2.75) is 19.1 Å². The van der Waals surface area contributed by atoms with Gasteiger partial charge in [0.05, 0.1) is 6.10 Å². The van der Waals surface area contributed by atoms with E-state index in [4.69, 9.17) is 22.0 Å². The number of halogens is 1. The lowest BCUT2D eigenvalue weighted by Crippen LogP contribution is -2.40. The number of hydrogen-bond donors (Lipinski definition) is 3. The molecule has 0 aromatic heterocycles. The Kier molecular flexibility index (Phi) is 3.53. The van der Waals surface area contributed by atoms with Crippen LogP contribution < -0.4 is 4.84 Å². The molecule has 3 N–H and O–H groups in total. The second-order valence-electron chi connectivity index (χ2n) is 1.67. The molecule has 0 aliphatic carbocycles. The van der Waals surface area contributed by atoms with Gasteiger partial charge in [0.25, 0.3) is 0 Å². The maximum Gasteiger partial charge on any atom is 0.324 e. The largest absolute Gasteiger partial charge is 0.480 e. The van der Waals surface area contributed by atoms with Crippen molar-refractivity contribution in [1.82, 2.24) is 4.84 Å².